The van der Waals surface area contributed by atoms with Gasteiger partial charge in [-0.2, -0.15) is 21.6 Å². The van der Waals surface area contributed by atoms with Crippen LogP contribution in [0.1, 0.15) is 35.1 Å². The molecule has 0 heterocycles. The summed E-state index contributed by atoms with van der Waals surface area (Å²) in [7, 11) is -11.2. The molecule has 0 saturated heterocycles. The molecule has 22 heavy (non-hydrogen) atoms. The summed E-state index contributed by atoms with van der Waals surface area (Å²) < 4.78 is 102. The van der Waals surface area contributed by atoms with Crippen LogP contribution >= 0.6 is 0 Å². The Labute approximate surface area is 141 Å². The summed E-state index contributed by atoms with van der Waals surface area (Å²) in [6, 6.07) is 0. The number of nitrogens with zero attached hydrogens (tertiary/aromatic N) is 1. The first-order chi connectivity index (χ1) is 8.39. The maximum atomic E-state index is 12.1. The molecule has 134 valence electrons. The summed E-state index contributed by atoms with van der Waals surface area (Å²) in [4.78, 5) is 0. The molecule has 0 aromatic rings. The van der Waals surface area contributed by atoms with Crippen LogP contribution in [0, 0.1) is 0 Å². The summed E-state index contributed by atoms with van der Waals surface area (Å²) in [5.41, 5.74) is -5.81. The second-order valence-electron chi connectivity index (χ2n) is 2.96. The third kappa shape index (κ3) is 11.6. The summed E-state index contributed by atoms with van der Waals surface area (Å²) in [5, 5.41) is -1.88. The van der Waals surface area contributed by atoms with Crippen molar-refractivity contribution >= 4 is 20.0 Å². The van der Waals surface area contributed by atoms with Crippen molar-refractivity contribution in [2.24, 2.45) is 3.77 Å². The average molecular weight is 373 g/mol. The first-order valence-electron chi connectivity index (χ1n) is 4.80. The maximum absolute atomic E-state index is 12.1. The number of rotatable bonds is 4. The van der Waals surface area contributed by atoms with Crippen LogP contribution in [0.2, 0.25) is 0 Å². The van der Waals surface area contributed by atoms with Crippen molar-refractivity contribution in [2.75, 3.05) is 13.3 Å². The molecule has 0 aromatic carbocycles. The van der Waals surface area contributed by atoms with E-state index < -0.39 is 37.5 Å². The molecule has 13 heteroatoms. The number of alkyl halides is 5. The normalized spacial score (nSPS) is 14.5. The van der Waals surface area contributed by atoms with Crippen molar-refractivity contribution in [1.82, 2.24) is 0 Å². The molecule has 0 aliphatic rings. The van der Waals surface area contributed by atoms with E-state index in [0.29, 0.717) is 0 Å². The molecular formula is C9H21F5LiNO4S2. The molecule has 0 bridgehead atoms. The van der Waals surface area contributed by atoms with Crippen molar-refractivity contribution in [1.29, 1.82) is 0 Å². The summed E-state index contributed by atoms with van der Waals surface area (Å²) >= 11 is 0. The molecule has 0 N–H and O–H groups in total. The smallest absolute Gasteiger partial charge is 0.763 e. The fraction of sp³-hybridized carbons (Fsp3) is 1.00. The van der Waals surface area contributed by atoms with E-state index in [-0.39, 0.29) is 46.8 Å². The van der Waals surface area contributed by atoms with Gasteiger partial charge >= 0.3 is 34.4 Å². The minimum Gasteiger partial charge on any atom is -0.763 e. The maximum Gasteiger partial charge on any atom is 1.00 e. The van der Waals surface area contributed by atoms with Crippen molar-refractivity contribution in [3.8, 4) is 0 Å². The molecule has 0 aliphatic heterocycles. The van der Waals surface area contributed by atoms with E-state index in [1.165, 1.54) is 13.8 Å². The van der Waals surface area contributed by atoms with Gasteiger partial charge in [0.2, 0.25) is 0 Å². The van der Waals surface area contributed by atoms with E-state index >= 15 is 0 Å². The molecule has 0 aromatic heterocycles. The molecule has 0 radical (unpaired) electrons. The largest absolute Gasteiger partial charge is 1.00 e. The van der Waals surface area contributed by atoms with E-state index in [2.05, 4.69) is 0 Å². The Bertz CT molecular complexity index is 471. The zero-order chi connectivity index (χ0) is 15.9. The summed E-state index contributed by atoms with van der Waals surface area (Å²) in [5.74, 6) is 0. The Morgan fingerprint density at radius 1 is 1.09 bits per heavy atom. The fourth-order valence-corrected chi connectivity index (χ4v) is 3.14. The number of hydrogen-bond acceptors (Lipinski definition) is 4. The van der Waals surface area contributed by atoms with Gasteiger partial charge in [0.05, 0.1) is 11.9 Å². The van der Waals surface area contributed by atoms with Crippen LogP contribution in [0.15, 0.2) is 3.77 Å². The molecule has 0 amide bonds. The quantitative estimate of drug-likeness (QED) is 0.528. The topological polar surface area (TPSA) is 86.6 Å². The SMILES string of the molecule is C.C.CCC(CF)S(=O)([O-])=NS(=O)(=O)C(F)(F)F.CCF.[Li+]. The van der Waals surface area contributed by atoms with Crippen LogP contribution in [-0.2, 0) is 20.0 Å². The van der Waals surface area contributed by atoms with Gasteiger partial charge in [0.25, 0.3) is 0 Å². The molecule has 5 nitrogen and oxygen atoms in total. The van der Waals surface area contributed by atoms with Crippen molar-refractivity contribution in [2.45, 2.75) is 45.9 Å². The van der Waals surface area contributed by atoms with E-state index in [4.69, 9.17) is 0 Å². The van der Waals surface area contributed by atoms with Crippen molar-refractivity contribution in [3.63, 3.8) is 0 Å². The number of halogens is 5. The Morgan fingerprint density at radius 3 is 1.59 bits per heavy atom. The Kier molecular flexibility index (Phi) is 20.7. The van der Waals surface area contributed by atoms with Gasteiger partial charge in [-0.25, -0.2) is 4.39 Å². The van der Waals surface area contributed by atoms with Crippen LogP contribution in [0.3, 0.4) is 0 Å². The number of sulfonamides is 1. The van der Waals surface area contributed by atoms with E-state index in [1.807, 2.05) is 0 Å². The molecular weight excluding hydrogens is 352 g/mol. The molecule has 0 rings (SSSR count). The second kappa shape index (κ2) is 13.5. The van der Waals surface area contributed by atoms with Crippen molar-refractivity contribution < 1.29 is 58.0 Å². The van der Waals surface area contributed by atoms with Crippen LogP contribution < -0.4 is 18.9 Å². The van der Waals surface area contributed by atoms with Crippen LogP contribution in [0.4, 0.5) is 22.0 Å². The zero-order valence-electron chi connectivity index (χ0n) is 11.0. The third-order valence-electron chi connectivity index (χ3n) is 1.54. The Morgan fingerprint density at radius 2 is 1.41 bits per heavy atom. The summed E-state index contributed by atoms with van der Waals surface area (Å²) in [6.45, 7) is 0.882. The van der Waals surface area contributed by atoms with E-state index in [1.54, 1.807) is 3.77 Å². The van der Waals surface area contributed by atoms with Gasteiger partial charge < -0.3 is 4.55 Å². The minimum absolute atomic E-state index is 0. The van der Waals surface area contributed by atoms with Crippen LogP contribution in [0.25, 0.3) is 0 Å². The number of hydrogen-bond donors (Lipinski definition) is 0. The Balaban J connectivity index is -0.000000148. The minimum atomic E-state index is -6.15. The molecule has 0 fully saturated rings. The third-order valence-corrected chi connectivity index (χ3v) is 5.05. The first kappa shape index (κ1) is 33.7. The second-order valence-corrected chi connectivity index (χ2v) is 6.67. The van der Waals surface area contributed by atoms with E-state index in [9.17, 15) is 39.1 Å². The summed E-state index contributed by atoms with van der Waals surface area (Å²) in [6.07, 6.45) is -0.379. The monoisotopic (exact) mass is 373 g/mol. The van der Waals surface area contributed by atoms with Gasteiger partial charge in [-0.3, -0.25) is 8.60 Å². The van der Waals surface area contributed by atoms with Gasteiger partial charge in [-0.1, -0.05) is 21.8 Å². The fourth-order valence-electron chi connectivity index (χ4n) is 0.639. The van der Waals surface area contributed by atoms with Gasteiger partial charge in [-0.05, 0) is 13.3 Å². The van der Waals surface area contributed by atoms with E-state index in [0.717, 1.165) is 0 Å². The Hall–Kier alpha value is 0.107. The van der Waals surface area contributed by atoms with Gasteiger partial charge in [0, 0.05) is 10.0 Å². The van der Waals surface area contributed by atoms with Gasteiger partial charge in [0.15, 0.2) is 0 Å². The van der Waals surface area contributed by atoms with Gasteiger partial charge in [0.1, 0.15) is 6.67 Å². The standard InChI is InChI=1S/C5H9F4NO4S2.C2H5F.2CH4.Li/c1-2-4(3-6)15(11,12)10-16(13,14)5(7,8)9;1-2-3;;;/h4H,2-3H2,1H3,(H,10,11,12);2H2,1H3;2*1H4;/q;;;;+1/p-1. The zero-order valence-corrected chi connectivity index (χ0v) is 12.6. The molecule has 0 aliphatic carbocycles. The average Bonchev–Trinajstić information content (AvgIpc) is 2.16. The van der Waals surface area contributed by atoms with Crippen LogP contribution in [-0.4, -0.2) is 41.3 Å². The molecule has 2 atom stereocenters. The van der Waals surface area contributed by atoms with Crippen molar-refractivity contribution in [3.05, 3.63) is 0 Å². The van der Waals surface area contributed by atoms with Gasteiger partial charge in [-0.15, -0.1) is 3.77 Å². The molecule has 2 unspecified atom stereocenters. The first-order valence-corrected chi connectivity index (χ1v) is 7.75. The molecule has 0 saturated carbocycles. The molecule has 0 spiro atoms. The predicted octanol–water partition coefficient (Wildman–Crippen LogP) is 0.434. The predicted molar refractivity (Wildman–Crippen MR) is 71.5 cm³/mol. The van der Waals surface area contributed by atoms with Crippen LogP contribution in [0.5, 0.6) is 0 Å².